The first kappa shape index (κ1) is 28.8. The highest BCUT2D eigenvalue weighted by Gasteiger charge is 2.37. The number of ether oxygens (including phenoxy) is 2. The average Bonchev–Trinajstić information content (AvgIpc) is 3.25. The molecule has 0 spiro atoms. The predicted molar refractivity (Wildman–Crippen MR) is 153 cm³/mol. The van der Waals surface area contributed by atoms with E-state index >= 15 is 0 Å². The molecule has 2 aromatic heterocycles. The monoisotopic (exact) mass is 606 g/mol. The molecule has 212 valence electrons. The molecule has 0 aliphatic carbocycles. The highest BCUT2D eigenvalue weighted by molar-refractivity contribution is 7.98. The summed E-state index contributed by atoms with van der Waals surface area (Å²) < 4.78 is 54.6. The van der Waals surface area contributed by atoms with Crippen LogP contribution in [0, 0.1) is 11.6 Å². The molecule has 1 fully saturated rings. The number of rotatable bonds is 9. The molecule has 40 heavy (non-hydrogen) atoms. The number of benzene rings is 2. The molecule has 2 aromatic carbocycles. The van der Waals surface area contributed by atoms with Gasteiger partial charge in [-0.15, -0.1) is 0 Å². The Kier molecular flexibility index (Phi) is 8.39. The van der Waals surface area contributed by atoms with Crippen LogP contribution >= 0.6 is 23.1 Å². The second-order valence-corrected chi connectivity index (χ2v) is 13.5. The minimum atomic E-state index is -1.31. The molecule has 1 saturated heterocycles. The highest BCUT2D eigenvalue weighted by Crippen LogP contribution is 2.33. The van der Waals surface area contributed by atoms with Gasteiger partial charge in [0.15, 0.2) is 34.0 Å². The largest absolute Gasteiger partial charge is 0.359 e. The minimum Gasteiger partial charge on any atom is -0.359 e. The van der Waals surface area contributed by atoms with Crippen LogP contribution in [0.25, 0.3) is 10.3 Å². The van der Waals surface area contributed by atoms with Gasteiger partial charge >= 0.3 is 4.87 Å². The van der Waals surface area contributed by atoms with E-state index in [0.29, 0.717) is 34.3 Å². The van der Waals surface area contributed by atoms with Gasteiger partial charge in [-0.2, -0.15) is 0 Å². The minimum absolute atomic E-state index is 0.0820. The van der Waals surface area contributed by atoms with Gasteiger partial charge in [0, 0.05) is 28.5 Å². The number of aryl methyl sites for hydroxylation is 1. The summed E-state index contributed by atoms with van der Waals surface area (Å²) in [5, 5.41) is 3.65. The summed E-state index contributed by atoms with van der Waals surface area (Å²) in [7, 11) is -1.31. The van der Waals surface area contributed by atoms with Gasteiger partial charge in [-0.3, -0.25) is 13.6 Å². The lowest BCUT2D eigenvalue weighted by molar-refractivity contribution is -0.261. The Morgan fingerprint density at radius 2 is 1.80 bits per heavy atom. The number of aromatic nitrogens is 3. The highest BCUT2D eigenvalue weighted by atomic mass is 32.2. The second-order valence-electron chi connectivity index (χ2n) is 10.1. The van der Waals surface area contributed by atoms with E-state index in [9.17, 15) is 17.8 Å². The SMILES string of the molecule is CC1(Nc2nc(SCc3cccc(F)c3F)nc3c2sc(=O)n3CCS(=O)c2ccccc2)COC(C)(C)OC1. The van der Waals surface area contributed by atoms with Crippen molar-refractivity contribution in [1.29, 1.82) is 0 Å². The summed E-state index contributed by atoms with van der Waals surface area (Å²) in [5.41, 5.74) is -0.103. The molecule has 4 aromatic rings. The smallest absolute Gasteiger partial charge is 0.309 e. The molecule has 1 N–H and O–H groups in total. The topological polar surface area (TPSA) is 95.3 Å². The number of fused-ring (bicyclic) bond motifs is 1. The van der Waals surface area contributed by atoms with Gasteiger partial charge in [-0.1, -0.05) is 53.4 Å². The molecule has 1 aliphatic rings. The van der Waals surface area contributed by atoms with Crippen LogP contribution in [0.15, 0.2) is 63.4 Å². The Bertz CT molecular complexity index is 1600. The van der Waals surface area contributed by atoms with E-state index < -0.39 is 33.8 Å². The molecule has 1 aliphatic heterocycles. The van der Waals surface area contributed by atoms with E-state index in [0.717, 1.165) is 29.2 Å². The average molecular weight is 607 g/mol. The number of halogens is 2. The first-order valence-corrected chi connectivity index (χ1v) is 15.6. The van der Waals surface area contributed by atoms with Gasteiger partial charge in [0.2, 0.25) is 0 Å². The molecule has 0 amide bonds. The van der Waals surface area contributed by atoms with Crippen LogP contribution in [0.5, 0.6) is 0 Å². The van der Waals surface area contributed by atoms with Crippen molar-refractivity contribution >= 4 is 50.1 Å². The summed E-state index contributed by atoms with van der Waals surface area (Å²) in [5.74, 6) is -1.86. The molecule has 3 heterocycles. The van der Waals surface area contributed by atoms with Crippen molar-refractivity contribution in [1.82, 2.24) is 14.5 Å². The zero-order valence-corrected chi connectivity index (χ0v) is 24.6. The molecule has 8 nitrogen and oxygen atoms in total. The number of nitrogens with zero attached hydrogens (tertiary/aromatic N) is 3. The lowest BCUT2D eigenvalue weighted by Crippen LogP contribution is -2.54. The second kappa shape index (κ2) is 11.6. The third-order valence-corrected chi connectivity index (χ3v) is 9.51. The van der Waals surface area contributed by atoms with E-state index in [1.54, 1.807) is 12.1 Å². The summed E-state index contributed by atoms with van der Waals surface area (Å²) in [6, 6.07) is 13.1. The molecule has 13 heteroatoms. The van der Waals surface area contributed by atoms with Gasteiger partial charge in [0.25, 0.3) is 0 Å². The maximum atomic E-state index is 14.3. The van der Waals surface area contributed by atoms with Crippen LogP contribution in [0.3, 0.4) is 0 Å². The molecular formula is C27H28F2N4O4S3. The Morgan fingerprint density at radius 1 is 1.07 bits per heavy atom. The van der Waals surface area contributed by atoms with Crippen molar-refractivity contribution in [3.8, 4) is 0 Å². The van der Waals surface area contributed by atoms with E-state index in [4.69, 9.17) is 9.47 Å². The Labute approximate surface area is 240 Å². The maximum absolute atomic E-state index is 14.3. The van der Waals surface area contributed by atoms with Crippen LogP contribution in [-0.4, -0.2) is 49.0 Å². The first-order chi connectivity index (χ1) is 19.0. The van der Waals surface area contributed by atoms with E-state index in [2.05, 4.69) is 15.3 Å². The van der Waals surface area contributed by atoms with Gasteiger partial charge < -0.3 is 14.8 Å². The predicted octanol–water partition coefficient (Wildman–Crippen LogP) is 5.18. The fraction of sp³-hybridized carbons (Fsp3) is 0.370. The summed E-state index contributed by atoms with van der Waals surface area (Å²) in [6.07, 6.45) is 0. The molecule has 1 unspecified atom stereocenters. The van der Waals surface area contributed by atoms with Crippen LogP contribution in [-0.2, 0) is 32.6 Å². The molecule has 0 bridgehead atoms. The van der Waals surface area contributed by atoms with Crippen molar-refractivity contribution in [2.75, 3.05) is 24.3 Å². The number of thioether (sulfide) groups is 1. The number of thiazole rings is 1. The van der Waals surface area contributed by atoms with Crippen molar-refractivity contribution in [3.63, 3.8) is 0 Å². The number of anilines is 1. The van der Waals surface area contributed by atoms with E-state index in [1.165, 1.54) is 16.7 Å². The van der Waals surface area contributed by atoms with Crippen LogP contribution in [0.4, 0.5) is 14.6 Å². The standard InChI is InChI=1S/C27H28F2N4O4S3/c1-26(2)36-15-27(3,16-37-26)32-22-21-23(31-24(30-22)38-14-17-8-7-11-19(28)20(17)29)33(25(34)39-21)12-13-40(35)18-9-5-4-6-10-18/h4-11H,12-16H2,1-3H3,(H,30,31,32). The number of hydrogen-bond donors (Lipinski definition) is 1. The fourth-order valence-electron chi connectivity index (χ4n) is 4.05. The van der Waals surface area contributed by atoms with Gasteiger partial charge in [0.1, 0.15) is 4.70 Å². The van der Waals surface area contributed by atoms with Gasteiger partial charge in [-0.25, -0.2) is 18.7 Å². The Balaban J connectivity index is 1.48. The summed E-state index contributed by atoms with van der Waals surface area (Å²) in [4.78, 5) is 22.8. The van der Waals surface area contributed by atoms with Crippen LogP contribution < -0.4 is 10.2 Å². The molecular weight excluding hydrogens is 579 g/mol. The van der Waals surface area contributed by atoms with Crippen molar-refractivity contribution < 1.29 is 22.5 Å². The molecule has 1 atom stereocenters. The lowest BCUT2D eigenvalue weighted by Gasteiger charge is -2.42. The van der Waals surface area contributed by atoms with E-state index in [1.807, 2.05) is 39.0 Å². The first-order valence-electron chi connectivity index (χ1n) is 12.5. The van der Waals surface area contributed by atoms with Crippen molar-refractivity contribution in [2.45, 2.75) is 54.4 Å². The van der Waals surface area contributed by atoms with Crippen LogP contribution in [0.2, 0.25) is 0 Å². The molecule has 0 radical (unpaired) electrons. The molecule has 0 saturated carbocycles. The third kappa shape index (κ3) is 6.44. The Morgan fingerprint density at radius 3 is 2.52 bits per heavy atom. The zero-order valence-electron chi connectivity index (χ0n) is 22.1. The van der Waals surface area contributed by atoms with Crippen molar-refractivity contribution in [3.05, 3.63) is 75.4 Å². The Hall–Kier alpha value is -2.71. The lowest BCUT2D eigenvalue weighted by atomic mass is 10.0. The maximum Gasteiger partial charge on any atom is 0.309 e. The zero-order chi connectivity index (χ0) is 28.5. The van der Waals surface area contributed by atoms with Gasteiger partial charge in [0.05, 0.1) is 29.6 Å². The third-order valence-electron chi connectivity index (χ3n) is 6.28. The van der Waals surface area contributed by atoms with Crippen LogP contribution in [0.1, 0.15) is 26.3 Å². The van der Waals surface area contributed by atoms with Gasteiger partial charge in [-0.05, 0) is 39.0 Å². The number of nitrogens with one attached hydrogen (secondary N) is 1. The van der Waals surface area contributed by atoms with Crippen molar-refractivity contribution in [2.24, 2.45) is 0 Å². The summed E-state index contributed by atoms with van der Waals surface area (Å²) in [6.45, 7) is 6.43. The summed E-state index contributed by atoms with van der Waals surface area (Å²) >= 11 is 2.11. The fourth-order valence-corrected chi connectivity index (χ4v) is 6.81. The quantitative estimate of drug-likeness (QED) is 0.206. The molecule has 5 rings (SSSR count). The van der Waals surface area contributed by atoms with E-state index in [-0.39, 0.29) is 33.6 Å². The normalized spacial score (nSPS) is 17.1. The number of hydrogen-bond acceptors (Lipinski definition) is 9.